The normalized spacial score (nSPS) is 14.5. The van der Waals surface area contributed by atoms with Crippen LogP contribution in [0.2, 0.25) is 5.02 Å². The van der Waals surface area contributed by atoms with Gasteiger partial charge in [0.15, 0.2) is 0 Å². The van der Waals surface area contributed by atoms with Gasteiger partial charge in [-0.1, -0.05) is 11.6 Å². The molecular weight excluding hydrogens is 348 g/mol. The molecule has 1 aliphatic rings. The van der Waals surface area contributed by atoms with Crippen molar-refractivity contribution < 1.29 is 9.47 Å². The van der Waals surface area contributed by atoms with Crippen molar-refractivity contribution in [1.82, 2.24) is 9.97 Å². The molecule has 1 N–H and O–H groups in total. The SMILES string of the molecule is CCOc1ncc(N2CCOCC2)cc1SNc1cncc(Cl)c1. The Bertz CT molecular complexity index is 683. The Morgan fingerprint density at radius 3 is 2.88 bits per heavy atom. The monoisotopic (exact) mass is 366 g/mol. The summed E-state index contributed by atoms with van der Waals surface area (Å²) in [7, 11) is 0. The zero-order chi connectivity index (χ0) is 16.8. The van der Waals surface area contributed by atoms with E-state index in [0.717, 1.165) is 42.6 Å². The molecule has 2 aromatic rings. The highest BCUT2D eigenvalue weighted by Crippen LogP contribution is 2.32. The highest BCUT2D eigenvalue weighted by atomic mass is 35.5. The number of rotatable bonds is 6. The Labute approximate surface area is 150 Å². The zero-order valence-corrected chi connectivity index (χ0v) is 14.9. The van der Waals surface area contributed by atoms with Crippen molar-refractivity contribution in [1.29, 1.82) is 0 Å². The molecule has 1 saturated heterocycles. The van der Waals surface area contributed by atoms with Gasteiger partial charge in [-0.3, -0.25) is 4.98 Å². The number of ether oxygens (including phenoxy) is 2. The molecule has 0 unspecified atom stereocenters. The van der Waals surface area contributed by atoms with Gasteiger partial charge >= 0.3 is 0 Å². The Hall–Kier alpha value is -1.70. The molecule has 0 saturated carbocycles. The minimum Gasteiger partial charge on any atom is -0.477 e. The van der Waals surface area contributed by atoms with E-state index in [1.54, 1.807) is 12.4 Å². The van der Waals surface area contributed by atoms with Crippen molar-refractivity contribution in [3.63, 3.8) is 0 Å². The van der Waals surface area contributed by atoms with Gasteiger partial charge in [0.05, 0.1) is 53.5 Å². The maximum absolute atomic E-state index is 5.97. The van der Waals surface area contributed by atoms with E-state index < -0.39 is 0 Å². The number of nitrogens with zero attached hydrogens (tertiary/aromatic N) is 3. The van der Waals surface area contributed by atoms with E-state index in [0.29, 0.717) is 17.5 Å². The number of morpholine rings is 1. The summed E-state index contributed by atoms with van der Waals surface area (Å²) in [5, 5.41) is 0.589. The summed E-state index contributed by atoms with van der Waals surface area (Å²) >= 11 is 7.40. The molecule has 6 nitrogen and oxygen atoms in total. The summed E-state index contributed by atoms with van der Waals surface area (Å²) < 4.78 is 14.3. The lowest BCUT2D eigenvalue weighted by molar-refractivity contribution is 0.122. The van der Waals surface area contributed by atoms with Crippen LogP contribution < -0.4 is 14.4 Å². The third-order valence-corrected chi connectivity index (χ3v) is 4.50. The molecule has 8 heteroatoms. The summed E-state index contributed by atoms with van der Waals surface area (Å²) in [4.78, 5) is 11.7. The van der Waals surface area contributed by atoms with Crippen LogP contribution in [0.3, 0.4) is 0 Å². The summed E-state index contributed by atoms with van der Waals surface area (Å²) in [6, 6.07) is 3.90. The first-order chi connectivity index (χ1) is 11.8. The maximum atomic E-state index is 5.97. The summed E-state index contributed by atoms with van der Waals surface area (Å²) in [6.07, 6.45) is 5.17. The van der Waals surface area contributed by atoms with Gasteiger partial charge in [-0.2, -0.15) is 0 Å². The molecule has 0 spiro atoms. The first-order valence-electron chi connectivity index (χ1n) is 7.75. The Morgan fingerprint density at radius 2 is 2.12 bits per heavy atom. The lowest BCUT2D eigenvalue weighted by atomic mass is 10.3. The van der Waals surface area contributed by atoms with E-state index in [-0.39, 0.29) is 0 Å². The van der Waals surface area contributed by atoms with Crippen molar-refractivity contribution in [3.8, 4) is 5.88 Å². The second kappa shape index (κ2) is 8.41. The first kappa shape index (κ1) is 17.1. The fourth-order valence-corrected chi connectivity index (χ4v) is 3.21. The second-order valence-corrected chi connectivity index (χ2v) is 6.41. The zero-order valence-electron chi connectivity index (χ0n) is 13.4. The van der Waals surface area contributed by atoms with E-state index in [1.165, 1.54) is 11.9 Å². The van der Waals surface area contributed by atoms with Gasteiger partial charge in [0, 0.05) is 19.3 Å². The molecule has 2 aromatic heterocycles. The second-order valence-electron chi connectivity index (χ2n) is 5.13. The van der Waals surface area contributed by atoms with Crippen LogP contribution in [0.4, 0.5) is 11.4 Å². The molecule has 0 atom stereocenters. The number of hydrogen-bond acceptors (Lipinski definition) is 7. The summed E-state index contributed by atoms with van der Waals surface area (Å²) in [6.45, 7) is 5.72. The minimum atomic E-state index is 0.566. The van der Waals surface area contributed by atoms with E-state index >= 15 is 0 Å². The molecule has 0 aliphatic carbocycles. The van der Waals surface area contributed by atoms with Gasteiger partial charge in [-0.05, 0) is 31.0 Å². The minimum absolute atomic E-state index is 0.566. The molecule has 24 heavy (non-hydrogen) atoms. The molecule has 0 bridgehead atoms. The van der Waals surface area contributed by atoms with Crippen molar-refractivity contribution in [3.05, 3.63) is 35.7 Å². The lowest BCUT2D eigenvalue weighted by Gasteiger charge is -2.29. The average Bonchev–Trinajstić information content (AvgIpc) is 2.62. The van der Waals surface area contributed by atoms with Gasteiger partial charge < -0.3 is 19.1 Å². The molecule has 1 fully saturated rings. The smallest absolute Gasteiger partial charge is 0.229 e. The number of anilines is 2. The topological polar surface area (TPSA) is 59.5 Å². The number of nitrogens with one attached hydrogen (secondary N) is 1. The molecule has 3 rings (SSSR count). The highest BCUT2D eigenvalue weighted by Gasteiger charge is 2.15. The number of halogens is 1. The van der Waals surface area contributed by atoms with Gasteiger partial charge in [0.25, 0.3) is 0 Å². The van der Waals surface area contributed by atoms with Crippen molar-refractivity contribution in [2.24, 2.45) is 0 Å². The molecule has 0 radical (unpaired) electrons. The predicted octanol–water partition coefficient (Wildman–Crippen LogP) is 3.48. The fourth-order valence-electron chi connectivity index (χ4n) is 2.32. The van der Waals surface area contributed by atoms with Crippen LogP contribution in [0.5, 0.6) is 5.88 Å². The average molecular weight is 367 g/mol. The largest absolute Gasteiger partial charge is 0.477 e. The van der Waals surface area contributed by atoms with Crippen LogP contribution in [0, 0.1) is 0 Å². The standard InChI is InChI=1S/C16H19ClN4O2S/c1-2-23-16-15(24-20-13-7-12(17)9-18-10-13)8-14(11-19-16)21-3-5-22-6-4-21/h7-11,20H,2-6H2,1H3. The van der Waals surface area contributed by atoms with Crippen LogP contribution in [0.25, 0.3) is 0 Å². The molecule has 0 aromatic carbocycles. The number of pyridine rings is 2. The van der Waals surface area contributed by atoms with Crippen molar-refractivity contribution >= 4 is 34.9 Å². The predicted molar refractivity (Wildman–Crippen MR) is 97.2 cm³/mol. The van der Waals surface area contributed by atoms with E-state index in [9.17, 15) is 0 Å². The third-order valence-electron chi connectivity index (χ3n) is 3.44. The van der Waals surface area contributed by atoms with Crippen LogP contribution in [0.1, 0.15) is 6.92 Å². The van der Waals surface area contributed by atoms with Crippen LogP contribution in [-0.4, -0.2) is 42.9 Å². The quantitative estimate of drug-likeness (QED) is 0.785. The summed E-state index contributed by atoms with van der Waals surface area (Å²) in [5.41, 5.74) is 1.89. The van der Waals surface area contributed by atoms with E-state index in [2.05, 4.69) is 25.7 Å². The molecule has 128 valence electrons. The Morgan fingerprint density at radius 1 is 1.29 bits per heavy atom. The first-order valence-corrected chi connectivity index (χ1v) is 8.94. The van der Waals surface area contributed by atoms with E-state index in [4.69, 9.17) is 21.1 Å². The van der Waals surface area contributed by atoms with E-state index in [1.807, 2.05) is 19.2 Å². The van der Waals surface area contributed by atoms with Crippen molar-refractivity contribution in [2.75, 3.05) is 42.5 Å². The Kier molecular flexibility index (Phi) is 6.01. The Balaban J connectivity index is 1.77. The summed E-state index contributed by atoms with van der Waals surface area (Å²) in [5.74, 6) is 0.613. The third kappa shape index (κ3) is 4.43. The van der Waals surface area contributed by atoms with Crippen LogP contribution >= 0.6 is 23.5 Å². The molecule has 0 amide bonds. The lowest BCUT2D eigenvalue weighted by Crippen LogP contribution is -2.36. The van der Waals surface area contributed by atoms with Gasteiger partial charge in [-0.15, -0.1) is 0 Å². The maximum Gasteiger partial charge on any atom is 0.229 e. The fraction of sp³-hybridized carbons (Fsp3) is 0.375. The van der Waals surface area contributed by atoms with Crippen molar-refractivity contribution in [2.45, 2.75) is 11.8 Å². The van der Waals surface area contributed by atoms with Gasteiger partial charge in [-0.25, -0.2) is 4.98 Å². The highest BCUT2D eigenvalue weighted by molar-refractivity contribution is 8.00. The van der Waals surface area contributed by atoms with Crippen LogP contribution in [-0.2, 0) is 4.74 Å². The molecule has 3 heterocycles. The van der Waals surface area contributed by atoms with Crippen LogP contribution in [0.15, 0.2) is 35.6 Å². The molecule has 1 aliphatic heterocycles. The van der Waals surface area contributed by atoms with Gasteiger partial charge in [0.2, 0.25) is 5.88 Å². The number of aromatic nitrogens is 2. The number of hydrogen-bond donors (Lipinski definition) is 1. The molecular formula is C16H19ClN4O2S. The van der Waals surface area contributed by atoms with Gasteiger partial charge in [0.1, 0.15) is 0 Å².